The van der Waals surface area contributed by atoms with Gasteiger partial charge in [-0.2, -0.15) is 0 Å². The molecule has 0 aromatic rings. The predicted molar refractivity (Wildman–Crippen MR) is 240 cm³/mol. The fourth-order valence-corrected chi connectivity index (χ4v) is 8.30. The molecule has 0 aromatic heterocycles. The maximum Gasteiger partial charge on any atom is 0.220 e. The molecule has 1 aliphatic rings. The van der Waals surface area contributed by atoms with Crippen molar-refractivity contribution in [3.8, 4) is 0 Å². The Morgan fingerprint density at radius 3 is 1.52 bits per heavy atom. The lowest BCUT2D eigenvalue weighted by Crippen LogP contribution is -2.34. The summed E-state index contributed by atoms with van der Waals surface area (Å²) in [5.41, 5.74) is 0. The normalized spacial score (nSPS) is 17.0. The van der Waals surface area contributed by atoms with Crippen LogP contribution in [-0.2, 0) is 19.1 Å². The molecule has 2 unspecified atom stereocenters. The zero-order valence-electron chi connectivity index (χ0n) is 38.3. The van der Waals surface area contributed by atoms with Crippen LogP contribution in [0.3, 0.4) is 0 Å². The summed E-state index contributed by atoms with van der Waals surface area (Å²) in [5.74, 6) is -0.00962. The molecule has 332 valence electrons. The molecule has 7 nitrogen and oxygen atoms in total. The molecule has 2 atom stereocenters. The molecule has 1 fully saturated rings. The van der Waals surface area contributed by atoms with Gasteiger partial charge in [0.05, 0.1) is 12.7 Å². The third-order valence-corrected chi connectivity index (χ3v) is 12.0. The van der Waals surface area contributed by atoms with Crippen molar-refractivity contribution in [1.82, 2.24) is 15.5 Å². The Balaban J connectivity index is 2.33. The lowest BCUT2D eigenvalue weighted by molar-refractivity contribution is -0.180. The second-order valence-corrected chi connectivity index (χ2v) is 17.9. The average molecular weight is 792 g/mol. The number of unbranched alkanes of at least 4 members (excludes halogenated alkanes) is 24. The number of hydrogen-bond acceptors (Lipinski definition) is 5. The van der Waals surface area contributed by atoms with Crippen molar-refractivity contribution in [1.29, 1.82) is 0 Å². The van der Waals surface area contributed by atoms with Gasteiger partial charge in [-0.1, -0.05) is 175 Å². The van der Waals surface area contributed by atoms with Crippen LogP contribution >= 0.6 is 0 Å². The number of nitrogens with zero attached hydrogens (tertiary/aromatic N) is 1. The van der Waals surface area contributed by atoms with Crippen LogP contribution in [0.2, 0.25) is 0 Å². The Morgan fingerprint density at radius 1 is 0.571 bits per heavy atom. The lowest BCUT2D eigenvalue weighted by atomic mass is 9.99. The molecule has 0 spiro atoms. The van der Waals surface area contributed by atoms with Gasteiger partial charge >= 0.3 is 0 Å². The number of rotatable bonds is 42. The van der Waals surface area contributed by atoms with Gasteiger partial charge in [0.1, 0.15) is 0 Å². The summed E-state index contributed by atoms with van der Waals surface area (Å²) in [6.45, 7) is 9.33. The van der Waals surface area contributed by atoms with Gasteiger partial charge in [-0.25, -0.2) is 0 Å². The SMILES string of the molecule is CCCCCCCCCCCNC(=O)CCCCCC1(CCCCCCCC(=O)NC(CCCCCCCC)CCCCCCCC)OCC(CCN(C)C)O1. The van der Waals surface area contributed by atoms with E-state index in [9.17, 15) is 9.59 Å². The van der Waals surface area contributed by atoms with Crippen LogP contribution in [-0.4, -0.2) is 68.4 Å². The molecule has 2 amide bonds. The largest absolute Gasteiger partial charge is 0.356 e. The molecular weight excluding hydrogens is 695 g/mol. The molecular formula is C49H97N3O4. The van der Waals surface area contributed by atoms with E-state index in [0.717, 1.165) is 103 Å². The Hall–Kier alpha value is -1.18. The first-order valence-corrected chi connectivity index (χ1v) is 24.9. The summed E-state index contributed by atoms with van der Waals surface area (Å²) in [5, 5.41) is 6.59. The Bertz CT molecular complexity index is 869. The van der Waals surface area contributed by atoms with Crippen LogP contribution < -0.4 is 10.6 Å². The van der Waals surface area contributed by atoms with Crippen LogP contribution in [0.5, 0.6) is 0 Å². The first-order valence-electron chi connectivity index (χ1n) is 24.9. The number of amides is 2. The second kappa shape index (κ2) is 38.0. The predicted octanol–water partition coefficient (Wildman–Crippen LogP) is 13.4. The van der Waals surface area contributed by atoms with Crippen LogP contribution in [0.15, 0.2) is 0 Å². The molecule has 0 bridgehead atoms. The minimum atomic E-state index is -0.476. The lowest BCUT2D eigenvalue weighted by Gasteiger charge is -2.29. The van der Waals surface area contributed by atoms with E-state index < -0.39 is 5.79 Å². The minimum Gasteiger partial charge on any atom is -0.356 e. The number of hydrogen-bond donors (Lipinski definition) is 2. The van der Waals surface area contributed by atoms with Gasteiger partial charge in [0.2, 0.25) is 11.8 Å². The standard InChI is InChI=1S/C49H97N3O4/c1-6-9-12-15-18-19-20-26-34-42-50-47(53)37-31-27-33-41-49(55-44-46(56-49)39-43-52(4)5)40-32-25-21-24-30-38-48(54)51-45(35-28-22-16-13-10-7-2)36-29-23-17-14-11-8-3/h45-46H,6-44H2,1-5H3,(H,50,53)(H,51,54). The van der Waals surface area contributed by atoms with Crippen molar-refractivity contribution in [3.63, 3.8) is 0 Å². The van der Waals surface area contributed by atoms with Gasteiger partial charge < -0.3 is 25.0 Å². The number of carbonyl (C=O) groups excluding carboxylic acids is 2. The van der Waals surface area contributed by atoms with Crippen LogP contribution in [0.1, 0.15) is 252 Å². The maximum absolute atomic E-state index is 13.0. The highest BCUT2D eigenvalue weighted by Crippen LogP contribution is 2.35. The van der Waals surface area contributed by atoms with E-state index in [-0.39, 0.29) is 17.9 Å². The van der Waals surface area contributed by atoms with Crippen LogP contribution in [0.4, 0.5) is 0 Å². The molecule has 0 aromatic carbocycles. The van der Waals surface area contributed by atoms with Crippen molar-refractivity contribution in [2.45, 2.75) is 270 Å². The average Bonchev–Trinajstić information content (AvgIpc) is 3.59. The molecule has 0 saturated carbocycles. The molecule has 1 aliphatic heterocycles. The Labute approximate surface area is 349 Å². The molecule has 0 aliphatic carbocycles. The van der Waals surface area contributed by atoms with Crippen molar-refractivity contribution in [2.75, 3.05) is 33.8 Å². The van der Waals surface area contributed by atoms with Crippen LogP contribution in [0, 0.1) is 0 Å². The fourth-order valence-electron chi connectivity index (χ4n) is 8.30. The number of ether oxygens (including phenoxy) is 2. The molecule has 2 N–H and O–H groups in total. The smallest absolute Gasteiger partial charge is 0.220 e. The number of carbonyl (C=O) groups is 2. The van der Waals surface area contributed by atoms with E-state index in [1.54, 1.807) is 0 Å². The van der Waals surface area contributed by atoms with E-state index >= 15 is 0 Å². The Morgan fingerprint density at radius 2 is 1.00 bits per heavy atom. The van der Waals surface area contributed by atoms with Gasteiger partial charge in [0.25, 0.3) is 0 Å². The molecule has 0 radical (unpaired) electrons. The molecule has 7 heteroatoms. The van der Waals surface area contributed by atoms with E-state index in [1.807, 2.05) is 0 Å². The highest BCUT2D eigenvalue weighted by atomic mass is 16.7. The summed E-state index contributed by atoms with van der Waals surface area (Å²) in [6, 6.07) is 0.357. The number of nitrogens with one attached hydrogen (secondary N) is 2. The van der Waals surface area contributed by atoms with Gasteiger partial charge in [0.15, 0.2) is 5.79 Å². The monoisotopic (exact) mass is 792 g/mol. The maximum atomic E-state index is 13.0. The minimum absolute atomic E-state index is 0.161. The first kappa shape index (κ1) is 52.8. The fraction of sp³-hybridized carbons (Fsp3) is 0.959. The summed E-state index contributed by atoms with van der Waals surface area (Å²) in [7, 11) is 4.23. The van der Waals surface area contributed by atoms with Crippen molar-refractivity contribution in [3.05, 3.63) is 0 Å². The van der Waals surface area contributed by atoms with E-state index in [0.29, 0.717) is 25.5 Å². The van der Waals surface area contributed by atoms with E-state index in [1.165, 1.54) is 128 Å². The third-order valence-electron chi connectivity index (χ3n) is 12.0. The zero-order valence-corrected chi connectivity index (χ0v) is 38.3. The van der Waals surface area contributed by atoms with Gasteiger partial charge in [-0.3, -0.25) is 9.59 Å². The second-order valence-electron chi connectivity index (χ2n) is 17.9. The molecule has 56 heavy (non-hydrogen) atoms. The first-order chi connectivity index (χ1) is 27.3. The molecule has 1 heterocycles. The molecule has 1 saturated heterocycles. The van der Waals surface area contributed by atoms with Gasteiger partial charge in [-0.15, -0.1) is 0 Å². The van der Waals surface area contributed by atoms with Crippen molar-refractivity contribution < 1.29 is 19.1 Å². The zero-order chi connectivity index (χ0) is 40.8. The van der Waals surface area contributed by atoms with Gasteiger partial charge in [0, 0.05) is 44.8 Å². The van der Waals surface area contributed by atoms with Gasteiger partial charge in [-0.05, 0) is 65.5 Å². The molecule has 1 rings (SSSR count). The quantitative estimate of drug-likeness (QED) is 0.0602. The van der Waals surface area contributed by atoms with E-state index in [4.69, 9.17) is 9.47 Å². The Kier molecular flexibility index (Phi) is 35.9. The summed E-state index contributed by atoms with van der Waals surface area (Å²) < 4.78 is 13.1. The van der Waals surface area contributed by atoms with Crippen molar-refractivity contribution >= 4 is 11.8 Å². The van der Waals surface area contributed by atoms with E-state index in [2.05, 4.69) is 50.4 Å². The third kappa shape index (κ3) is 31.8. The van der Waals surface area contributed by atoms with Crippen LogP contribution in [0.25, 0.3) is 0 Å². The highest BCUT2D eigenvalue weighted by Gasteiger charge is 2.40. The highest BCUT2D eigenvalue weighted by molar-refractivity contribution is 5.76. The summed E-state index contributed by atoms with van der Waals surface area (Å²) >= 11 is 0. The topological polar surface area (TPSA) is 79.9 Å². The summed E-state index contributed by atoms with van der Waals surface area (Å²) in [6.07, 6.45) is 42.5. The van der Waals surface area contributed by atoms with Crippen molar-refractivity contribution in [2.24, 2.45) is 0 Å². The summed E-state index contributed by atoms with van der Waals surface area (Å²) in [4.78, 5) is 27.6.